The van der Waals surface area contributed by atoms with Gasteiger partial charge < -0.3 is 39.2 Å². The summed E-state index contributed by atoms with van der Waals surface area (Å²) < 4.78 is 136. The maximum atomic E-state index is 13.4. The van der Waals surface area contributed by atoms with Gasteiger partial charge in [0.2, 0.25) is 5.92 Å². The molecule has 0 spiro atoms. The maximum Gasteiger partial charge on any atom is 0.416 e. The van der Waals surface area contributed by atoms with Crippen LogP contribution >= 0.6 is 0 Å². The SMILES string of the molecule is CCn1c(C)nc2cc(C(=O)O)ccc21.Cc1nc2cc(C(=O)O)ccc2n1-c1ccc(C(F)(F)F)cc1.Cc1nc2cc(C(=O)O)ccc2n1-c1ccc(F)c(F)c1.Cc1nc2cc(C(=O)O)ccc2n1C1CCC(F)(F)CC1.Cc1nc2cc(C(=O)O)ccc2n1CCC(F)(F)F. The molecule has 5 aromatic heterocycles. The molecule has 1 fully saturated rings. The maximum absolute atomic E-state index is 13.4. The number of alkyl halides is 8. The quantitative estimate of drug-likeness (QED) is 0.0753. The van der Waals surface area contributed by atoms with Crippen molar-refractivity contribution in [3.05, 3.63) is 208 Å². The minimum absolute atomic E-state index is 0.00491. The van der Waals surface area contributed by atoms with Crippen LogP contribution < -0.4 is 0 Å². The topological polar surface area (TPSA) is 276 Å². The first-order chi connectivity index (χ1) is 46.5. The lowest BCUT2D eigenvalue weighted by Gasteiger charge is -2.30. The molecule has 0 saturated heterocycles. The molecule has 99 heavy (non-hydrogen) atoms. The molecule has 516 valence electrons. The molecule has 0 atom stereocenters. The van der Waals surface area contributed by atoms with Gasteiger partial charge in [-0.3, -0.25) is 9.13 Å². The van der Waals surface area contributed by atoms with Crippen molar-refractivity contribution >= 4 is 85.0 Å². The number of fused-ring (bicyclic) bond motifs is 5. The molecule has 5 N–H and O–H groups in total. The molecule has 13 rings (SSSR count). The Morgan fingerprint density at radius 2 is 0.798 bits per heavy atom. The first-order valence-corrected chi connectivity index (χ1v) is 30.2. The van der Waals surface area contributed by atoms with Crippen LogP contribution in [0.5, 0.6) is 0 Å². The normalized spacial score (nSPS) is 13.1. The average Bonchev–Trinajstić information content (AvgIpc) is 1.67. The zero-order valence-corrected chi connectivity index (χ0v) is 53.3. The van der Waals surface area contributed by atoms with Crippen LogP contribution in [0.1, 0.15) is 132 Å². The highest BCUT2D eigenvalue weighted by molar-refractivity contribution is 5.96. The van der Waals surface area contributed by atoms with E-state index in [1.165, 1.54) is 77.4 Å². The van der Waals surface area contributed by atoms with Gasteiger partial charge in [0.05, 0.1) is 101 Å². The number of hydrogen-bond donors (Lipinski definition) is 5. The van der Waals surface area contributed by atoms with Gasteiger partial charge in [0.1, 0.15) is 29.1 Å². The Kier molecular flexibility index (Phi) is 20.8. The summed E-state index contributed by atoms with van der Waals surface area (Å²) in [6, 6.07) is 31.2. The molecule has 1 saturated carbocycles. The Bertz CT molecular complexity index is 5080. The van der Waals surface area contributed by atoms with Gasteiger partial charge in [-0.05, 0) is 182 Å². The lowest BCUT2D eigenvalue weighted by molar-refractivity contribution is -0.138. The zero-order valence-electron chi connectivity index (χ0n) is 53.3. The number of carbonyl (C=O) groups is 5. The molecule has 12 aromatic rings. The number of rotatable bonds is 11. The molecule has 0 bridgehead atoms. The van der Waals surface area contributed by atoms with Crippen molar-refractivity contribution in [1.29, 1.82) is 0 Å². The van der Waals surface area contributed by atoms with Crippen molar-refractivity contribution in [2.24, 2.45) is 0 Å². The molecule has 1 aliphatic rings. The van der Waals surface area contributed by atoms with Gasteiger partial charge in [-0.15, -0.1) is 0 Å². The number of aromatic nitrogens is 10. The van der Waals surface area contributed by atoms with E-state index in [2.05, 4.69) is 29.5 Å². The second kappa shape index (κ2) is 28.7. The summed E-state index contributed by atoms with van der Waals surface area (Å²) in [5.74, 6) is -6.35. The lowest BCUT2D eigenvalue weighted by atomic mass is 9.92. The van der Waals surface area contributed by atoms with E-state index < -0.39 is 71.7 Å². The van der Waals surface area contributed by atoms with Crippen molar-refractivity contribution in [1.82, 2.24) is 47.8 Å². The van der Waals surface area contributed by atoms with Crippen LogP contribution in [0.15, 0.2) is 133 Å². The van der Waals surface area contributed by atoms with E-state index in [1.807, 2.05) is 31.4 Å². The number of benzene rings is 7. The summed E-state index contributed by atoms with van der Waals surface area (Å²) in [6.45, 7) is 11.4. The standard InChI is InChI=1S/C16H11F3N2O2.C15H10F2N2O2.C15H16F2N2O2.C12H11F3N2O2.C11H12N2O2/c1-9-20-13-8-10(15(22)23)2-7-14(13)21(9)12-5-3-11(4-6-12)16(17,18)19;1-8-18-13-6-9(15(20)21)2-5-14(13)19(8)10-3-4-11(16)12(17)7-10;1-9-18-12-8-10(14(20)21)2-3-13(12)19(9)11-4-6-15(16,17)7-5-11;1-7-16-9-6-8(11(18)19)2-3-10(9)17(7)5-4-12(13,14)15;1-3-13-7(2)12-9-6-8(11(14)15)4-5-10(9)13/h2-8H,1H3,(H,22,23);2-7H,1H3,(H,20,21);2-3,8,11H,4-7H2,1H3,(H,20,21);2-3,6H,4-5H2,1H3,(H,18,19);4-6H,3H2,1-2H3,(H,14,15). The monoisotopic (exact) mass is 1380 g/mol. The highest BCUT2D eigenvalue weighted by Gasteiger charge is 2.37. The van der Waals surface area contributed by atoms with Gasteiger partial charge in [0, 0.05) is 43.7 Å². The van der Waals surface area contributed by atoms with E-state index in [4.69, 9.17) is 25.5 Å². The number of carboxylic acid groups (broad SMARTS) is 5. The summed E-state index contributed by atoms with van der Waals surface area (Å²) in [5.41, 5.74) is 7.24. The first kappa shape index (κ1) is 71.8. The molecular formula is C69H60F10N10O10. The second-order valence-corrected chi connectivity index (χ2v) is 22.9. The van der Waals surface area contributed by atoms with Gasteiger partial charge in [-0.25, -0.2) is 66.5 Å². The number of halogens is 10. The zero-order chi connectivity index (χ0) is 72.3. The third kappa shape index (κ3) is 16.3. The Labute approximate surface area is 554 Å². The fraction of sp³-hybridized carbons (Fsp3) is 0.246. The van der Waals surface area contributed by atoms with Crippen LogP contribution in [0.25, 0.3) is 66.5 Å². The minimum atomic E-state index is -4.39. The van der Waals surface area contributed by atoms with Crippen molar-refractivity contribution < 1.29 is 93.4 Å². The van der Waals surface area contributed by atoms with Crippen LogP contribution in [0.2, 0.25) is 0 Å². The molecule has 0 aliphatic heterocycles. The van der Waals surface area contributed by atoms with Crippen LogP contribution in [0.4, 0.5) is 43.9 Å². The fourth-order valence-electron chi connectivity index (χ4n) is 11.5. The summed E-state index contributed by atoms with van der Waals surface area (Å²) in [4.78, 5) is 75.9. The van der Waals surface area contributed by atoms with E-state index in [9.17, 15) is 67.9 Å². The highest BCUT2D eigenvalue weighted by atomic mass is 19.4. The summed E-state index contributed by atoms with van der Waals surface area (Å²) in [6.07, 6.45) is -8.95. The summed E-state index contributed by atoms with van der Waals surface area (Å²) in [7, 11) is 0. The second-order valence-electron chi connectivity index (χ2n) is 22.9. The number of nitrogens with zero attached hydrogens (tertiary/aromatic N) is 10. The van der Waals surface area contributed by atoms with Crippen molar-refractivity contribution in [2.45, 2.75) is 111 Å². The molecule has 5 heterocycles. The van der Waals surface area contributed by atoms with Gasteiger partial charge in [-0.1, -0.05) is 0 Å². The van der Waals surface area contributed by atoms with E-state index in [0.717, 1.165) is 59.0 Å². The third-order valence-corrected chi connectivity index (χ3v) is 16.2. The van der Waals surface area contributed by atoms with Gasteiger partial charge >= 0.3 is 42.2 Å². The molecule has 0 amide bonds. The molecule has 30 heteroatoms. The fourth-order valence-corrected chi connectivity index (χ4v) is 11.5. The number of imidazole rings is 5. The molecule has 1 aliphatic carbocycles. The van der Waals surface area contributed by atoms with E-state index in [0.29, 0.717) is 80.3 Å². The van der Waals surface area contributed by atoms with Gasteiger partial charge in [-0.2, -0.15) is 26.3 Å². The average molecular weight is 1380 g/mol. The summed E-state index contributed by atoms with van der Waals surface area (Å²) >= 11 is 0. The predicted octanol–water partition coefficient (Wildman–Crippen LogP) is 16.2. The Morgan fingerprint density at radius 1 is 0.444 bits per heavy atom. The highest BCUT2D eigenvalue weighted by Crippen LogP contribution is 2.40. The smallest absolute Gasteiger partial charge is 0.416 e. The van der Waals surface area contributed by atoms with Gasteiger partial charge in [0.15, 0.2) is 11.6 Å². The Morgan fingerprint density at radius 3 is 1.20 bits per heavy atom. The molecule has 0 radical (unpaired) electrons. The van der Waals surface area contributed by atoms with Crippen LogP contribution in [0.3, 0.4) is 0 Å². The largest absolute Gasteiger partial charge is 0.478 e. The van der Waals surface area contributed by atoms with E-state index in [-0.39, 0.29) is 53.2 Å². The predicted molar refractivity (Wildman–Crippen MR) is 344 cm³/mol. The van der Waals surface area contributed by atoms with Gasteiger partial charge in [0.25, 0.3) is 0 Å². The van der Waals surface area contributed by atoms with Crippen molar-refractivity contribution in [2.75, 3.05) is 0 Å². The minimum Gasteiger partial charge on any atom is -0.478 e. The first-order valence-electron chi connectivity index (χ1n) is 30.2. The number of carboxylic acids is 5. The van der Waals surface area contributed by atoms with Crippen LogP contribution in [-0.2, 0) is 19.3 Å². The number of aryl methyl sites for hydroxylation is 7. The van der Waals surface area contributed by atoms with Crippen LogP contribution in [0, 0.1) is 46.3 Å². The molecular weight excluding hydrogens is 1320 g/mol. The van der Waals surface area contributed by atoms with E-state index >= 15 is 0 Å². The Hall–Kier alpha value is -11.5. The Balaban J connectivity index is 0.000000145. The summed E-state index contributed by atoms with van der Waals surface area (Å²) in [5, 5.41) is 44.7. The number of aromatic carboxylic acids is 5. The van der Waals surface area contributed by atoms with Crippen LogP contribution in [-0.4, -0.2) is 115 Å². The molecule has 7 aromatic carbocycles. The molecule has 20 nitrogen and oxygen atoms in total. The molecule has 0 unspecified atom stereocenters. The third-order valence-electron chi connectivity index (χ3n) is 16.2. The lowest BCUT2D eigenvalue weighted by Crippen LogP contribution is -2.26. The van der Waals surface area contributed by atoms with Crippen molar-refractivity contribution in [3.63, 3.8) is 0 Å². The van der Waals surface area contributed by atoms with Crippen molar-refractivity contribution in [3.8, 4) is 11.4 Å². The van der Waals surface area contributed by atoms with E-state index in [1.54, 1.807) is 60.2 Å². The number of hydrogen-bond acceptors (Lipinski definition) is 10.